The summed E-state index contributed by atoms with van der Waals surface area (Å²) in [6, 6.07) is 7.78. The molecule has 0 N–H and O–H groups in total. The zero-order chi connectivity index (χ0) is 17.7. The average molecular weight is 344 g/mol. The van der Waals surface area contributed by atoms with E-state index in [2.05, 4.69) is 4.90 Å². The molecule has 1 aliphatic heterocycles. The Hall–Kier alpha value is -1.60. The molecule has 134 valence electrons. The fourth-order valence-electron chi connectivity index (χ4n) is 2.89. The van der Waals surface area contributed by atoms with Gasteiger partial charge in [0.25, 0.3) is 0 Å². The number of likely N-dealkylation sites (tertiary alicyclic amines) is 1. The van der Waals surface area contributed by atoms with Gasteiger partial charge < -0.3 is 14.5 Å². The monoisotopic (exact) mass is 344 g/mol. The number of amides is 1. The van der Waals surface area contributed by atoms with Crippen LogP contribution in [-0.2, 0) is 9.53 Å². The quantitative estimate of drug-likeness (QED) is 0.823. The van der Waals surface area contributed by atoms with E-state index in [4.69, 9.17) is 4.74 Å². The third kappa shape index (κ3) is 4.95. The maximum atomic E-state index is 13.2. The number of benzene rings is 1. The molecular formula is C17H23F3N2O2. The molecule has 0 radical (unpaired) electrons. The highest BCUT2D eigenvalue weighted by molar-refractivity contribution is 5.77. The maximum Gasteiger partial charge on any atom is 0.418 e. The van der Waals surface area contributed by atoms with Crippen molar-refractivity contribution >= 4 is 5.91 Å². The van der Waals surface area contributed by atoms with Crippen LogP contribution in [0.2, 0.25) is 0 Å². The molecule has 0 aromatic heterocycles. The van der Waals surface area contributed by atoms with Gasteiger partial charge >= 0.3 is 6.18 Å². The fourth-order valence-corrected chi connectivity index (χ4v) is 2.89. The summed E-state index contributed by atoms with van der Waals surface area (Å²) in [6.45, 7) is 0.534. The van der Waals surface area contributed by atoms with Gasteiger partial charge in [0.2, 0.25) is 5.91 Å². The Morgan fingerprint density at radius 3 is 2.33 bits per heavy atom. The van der Waals surface area contributed by atoms with Crippen molar-refractivity contribution in [3.63, 3.8) is 0 Å². The molecule has 1 unspecified atom stereocenters. The summed E-state index contributed by atoms with van der Waals surface area (Å²) in [7, 11) is 3.97. The van der Waals surface area contributed by atoms with Crippen molar-refractivity contribution < 1.29 is 22.7 Å². The van der Waals surface area contributed by atoms with Crippen molar-refractivity contribution in [1.29, 1.82) is 0 Å². The van der Waals surface area contributed by atoms with Gasteiger partial charge in [0.15, 0.2) is 6.10 Å². The Bertz CT molecular complexity index is 526. The third-order valence-corrected chi connectivity index (χ3v) is 4.32. The van der Waals surface area contributed by atoms with Gasteiger partial charge in [-0.1, -0.05) is 30.3 Å². The van der Waals surface area contributed by atoms with Gasteiger partial charge in [0.05, 0.1) is 0 Å². The standard InChI is InChI=1S/C17H23F3N2O2/c1-21(2)14-8-10-22(11-9-14)15(23)12-24-16(17(18,19)20)13-6-4-3-5-7-13/h3-7,14,16H,8-12H2,1-2H3. The van der Waals surface area contributed by atoms with Crippen LogP contribution >= 0.6 is 0 Å². The first-order valence-corrected chi connectivity index (χ1v) is 7.96. The van der Waals surface area contributed by atoms with Crippen molar-refractivity contribution in [3.05, 3.63) is 35.9 Å². The Kier molecular flexibility index (Phi) is 6.23. The SMILES string of the molecule is CN(C)C1CCN(C(=O)COC(c2ccccc2)C(F)(F)F)CC1. The van der Waals surface area contributed by atoms with E-state index in [0.29, 0.717) is 19.1 Å². The fraction of sp³-hybridized carbons (Fsp3) is 0.588. The molecule has 1 heterocycles. The maximum absolute atomic E-state index is 13.2. The van der Waals surface area contributed by atoms with E-state index in [1.165, 1.54) is 24.3 Å². The first kappa shape index (κ1) is 18.7. The molecule has 7 heteroatoms. The minimum Gasteiger partial charge on any atom is -0.354 e. The minimum atomic E-state index is -4.56. The van der Waals surface area contributed by atoms with Crippen LogP contribution in [0, 0.1) is 0 Å². The molecule has 0 saturated carbocycles. The normalized spacial score (nSPS) is 18.0. The van der Waals surface area contributed by atoms with Gasteiger partial charge in [0.1, 0.15) is 6.61 Å². The third-order valence-electron chi connectivity index (χ3n) is 4.32. The lowest BCUT2D eigenvalue weighted by atomic mass is 10.0. The molecule has 1 atom stereocenters. The van der Waals surface area contributed by atoms with E-state index < -0.39 is 24.8 Å². The van der Waals surface area contributed by atoms with E-state index >= 15 is 0 Å². The summed E-state index contributed by atoms with van der Waals surface area (Å²) in [6.07, 6.45) is -5.00. The van der Waals surface area contributed by atoms with Gasteiger partial charge in [-0.05, 0) is 32.5 Å². The summed E-state index contributed by atoms with van der Waals surface area (Å²) in [4.78, 5) is 15.8. The van der Waals surface area contributed by atoms with Crippen LogP contribution in [0.3, 0.4) is 0 Å². The Morgan fingerprint density at radius 2 is 1.83 bits per heavy atom. The Balaban J connectivity index is 1.92. The molecule has 0 bridgehead atoms. The summed E-state index contributed by atoms with van der Waals surface area (Å²) in [5.41, 5.74) is 0.00381. The lowest BCUT2D eigenvalue weighted by Crippen LogP contribution is -2.46. The number of halogens is 3. The summed E-state index contributed by atoms with van der Waals surface area (Å²) in [5.74, 6) is -0.391. The first-order chi connectivity index (χ1) is 11.3. The first-order valence-electron chi connectivity index (χ1n) is 7.96. The van der Waals surface area contributed by atoms with Gasteiger partial charge in [-0.15, -0.1) is 0 Å². The molecule has 0 aliphatic carbocycles. The molecule has 1 aliphatic rings. The molecule has 1 aromatic carbocycles. The molecule has 24 heavy (non-hydrogen) atoms. The molecule has 1 saturated heterocycles. The second-order valence-electron chi connectivity index (χ2n) is 6.22. The van der Waals surface area contributed by atoms with Crippen LogP contribution in [0.5, 0.6) is 0 Å². The Labute approximate surface area is 140 Å². The number of piperidine rings is 1. The summed E-state index contributed by atoms with van der Waals surface area (Å²) in [5, 5.41) is 0. The second-order valence-corrected chi connectivity index (χ2v) is 6.22. The molecule has 1 fully saturated rings. The number of alkyl halides is 3. The lowest BCUT2D eigenvalue weighted by Gasteiger charge is -2.35. The number of hydrogen-bond acceptors (Lipinski definition) is 3. The van der Waals surface area contributed by atoms with Crippen LogP contribution < -0.4 is 0 Å². The number of rotatable bonds is 5. The number of ether oxygens (including phenoxy) is 1. The highest BCUT2D eigenvalue weighted by atomic mass is 19.4. The zero-order valence-electron chi connectivity index (χ0n) is 13.9. The smallest absolute Gasteiger partial charge is 0.354 e. The molecule has 4 nitrogen and oxygen atoms in total. The predicted molar refractivity (Wildman–Crippen MR) is 84.5 cm³/mol. The van der Waals surface area contributed by atoms with Crippen molar-refractivity contribution in [1.82, 2.24) is 9.80 Å². The van der Waals surface area contributed by atoms with Crippen molar-refractivity contribution in [3.8, 4) is 0 Å². The summed E-state index contributed by atoms with van der Waals surface area (Å²) < 4.78 is 44.5. The predicted octanol–water partition coefficient (Wildman–Crippen LogP) is 2.86. The zero-order valence-corrected chi connectivity index (χ0v) is 13.9. The molecule has 1 amide bonds. The number of nitrogens with zero attached hydrogens (tertiary/aromatic N) is 2. The van der Waals surface area contributed by atoms with E-state index in [1.807, 2.05) is 14.1 Å². The van der Waals surface area contributed by atoms with Crippen LogP contribution in [0.15, 0.2) is 30.3 Å². The minimum absolute atomic E-state index is 0.00381. The van der Waals surface area contributed by atoms with E-state index in [-0.39, 0.29) is 5.56 Å². The van der Waals surface area contributed by atoms with Crippen molar-refractivity contribution in [2.45, 2.75) is 31.2 Å². The average Bonchev–Trinajstić information content (AvgIpc) is 2.54. The molecular weight excluding hydrogens is 321 g/mol. The van der Waals surface area contributed by atoms with Crippen LogP contribution in [-0.4, -0.2) is 61.7 Å². The van der Waals surface area contributed by atoms with E-state index in [9.17, 15) is 18.0 Å². The van der Waals surface area contributed by atoms with Crippen molar-refractivity contribution in [2.75, 3.05) is 33.8 Å². The number of carbonyl (C=O) groups is 1. The van der Waals surface area contributed by atoms with Gasteiger partial charge in [-0.2, -0.15) is 13.2 Å². The second kappa shape index (κ2) is 7.98. The molecule has 2 rings (SSSR count). The van der Waals surface area contributed by atoms with Crippen LogP contribution in [0.25, 0.3) is 0 Å². The number of carbonyl (C=O) groups excluding carboxylic acids is 1. The van der Waals surface area contributed by atoms with Crippen LogP contribution in [0.1, 0.15) is 24.5 Å². The van der Waals surface area contributed by atoms with Gasteiger partial charge in [-0.25, -0.2) is 0 Å². The largest absolute Gasteiger partial charge is 0.418 e. The topological polar surface area (TPSA) is 32.8 Å². The highest BCUT2D eigenvalue weighted by Crippen LogP contribution is 2.35. The van der Waals surface area contributed by atoms with E-state index in [0.717, 1.165) is 12.8 Å². The van der Waals surface area contributed by atoms with Gasteiger partial charge in [-0.3, -0.25) is 4.79 Å². The van der Waals surface area contributed by atoms with Crippen molar-refractivity contribution in [2.24, 2.45) is 0 Å². The number of hydrogen-bond donors (Lipinski definition) is 0. The highest BCUT2D eigenvalue weighted by Gasteiger charge is 2.42. The Morgan fingerprint density at radius 1 is 1.25 bits per heavy atom. The molecule has 0 spiro atoms. The summed E-state index contributed by atoms with van der Waals surface area (Å²) >= 11 is 0. The van der Waals surface area contributed by atoms with Crippen LogP contribution in [0.4, 0.5) is 13.2 Å². The lowest BCUT2D eigenvalue weighted by molar-refractivity contribution is -0.224. The molecule has 1 aromatic rings. The van der Waals surface area contributed by atoms with Gasteiger partial charge in [0, 0.05) is 19.1 Å². The van der Waals surface area contributed by atoms with E-state index in [1.54, 1.807) is 11.0 Å².